The summed E-state index contributed by atoms with van der Waals surface area (Å²) in [5.74, 6) is 1.57. The molecular formula is C22H27N3O3. The van der Waals surface area contributed by atoms with E-state index in [0.717, 1.165) is 43.2 Å². The van der Waals surface area contributed by atoms with Gasteiger partial charge in [0.05, 0.1) is 12.6 Å². The van der Waals surface area contributed by atoms with Gasteiger partial charge in [0, 0.05) is 31.9 Å². The molecule has 0 bridgehead atoms. The molecule has 28 heavy (non-hydrogen) atoms. The van der Waals surface area contributed by atoms with Crippen LogP contribution in [0.2, 0.25) is 0 Å². The third-order valence-corrected chi connectivity index (χ3v) is 5.30. The second kappa shape index (κ2) is 8.52. The average molecular weight is 381 g/mol. The number of nitrogens with zero attached hydrogens (tertiary/aromatic N) is 2. The molecule has 1 N–H and O–H groups in total. The first-order valence-electron chi connectivity index (χ1n) is 9.90. The second-order valence-electron chi connectivity index (χ2n) is 7.29. The number of ether oxygens (including phenoxy) is 2. The van der Waals surface area contributed by atoms with E-state index < -0.39 is 0 Å². The van der Waals surface area contributed by atoms with Gasteiger partial charge in [0.25, 0.3) is 0 Å². The maximum atomic E-state index is 12.5. The van der Waals surface area contributed by atoms with Crippen molar-refractivity contribution in [3.8, 4) is 11.5 Å². The summed E-state index contributed by atoms with van der Waals surface area (Å²) < 4.78 is 11.2. The lowest BCUT2D eigenvalue weighted by atomic mass is 10.1. The number of carbonyl (C=O) groups excluding carboxylic acids is 1. The molecule has 1 atom stereocenters. The van der Waals surface area contributed by atoms with Crippen LogP contribution < -0.4 is 19.7 Å². The Hall–Kier alpha value is -2.73. The molecule has 148 valence electrons. The van der Waals surface area contributed by atoms with E-state index in [1.54, 1.807) is 0 Å². The van der Waals surface area contributed by atoms with Gasteiger partial charge in [-0.05, 0) is 36.8 Å². The second-order valence-corrected chi connectivity index (χ2v) is 7.29. The van der Waals surface area contributed by atoms with E-state index in [4.69, 9.17) is 9.47 Å². The lowest BCUT2D eigenvalue weighted by molar-refractivity contribution is -0.123. The molecule has 2 aromatic rings. The van der Waals surface area contributed by atoms with Crippen LogP contribution in [0, 0.1) is 0 Å². The summed E-state index contributed by atoms with van der Waals surface area (Å²) in [6.45, 7) is 7.22. The minimum Gasteiger partial charge on any atom is -0.486 e. The number of nitrogens with one attached hydrogen (secondary N) is 1. The largest absolute Gasteiger partial charge is 0.486 e. The lowest BCUT2D eigenvalue weighted by Crippen LogP contribution is -2.49. The molecule has 2 heterocycles. The molecule has 0 aliphatic carbocycles. The Morgan fingerprint density at radius 1 is 1.00 bits per heavy atom. The molecule has 2 aliphatic rings. The topological polar surface area (TPSA) is 54.0 Å². The highest BCUT2D eigenvalue weighted by molar-refractivity contribution is 5.78. The summed E-state index contributed by atoms with van der Waals surface area (Å²) >= 11 is 0. The molecule has 0 saturated carbocycles. The van der Waals surface area contributed by atoms with Crippen LogP contribution in [0.15, 0.2) is 48.5 Å². The number of hydrogen-bond acceptors (Lipinski definition) is 5. The van der Waals surface area contributed by atoms with Gasteiger partial charge in [0.2, 0.25) is 5.91 Å². The lowest BCUT2D eigenvalue weighted by Gasteiger charge is -2.35. The van der Waals surface area contributed by atoms with Crippen LogP contribution in [-0.2, 0) is 4.79 Å². The van der Waals surface area contributed by atoms with Crippen molar-refractivity contribution in [1.29, 1.82) is 0 Å². The maximum absolute atomic E-state index is 12.5. The minimum absolute atomic E-state index is 0.0514. The molecule has 6 nitrogen and oxygen atoms in total. The highest BCUT2D eigenvalue weighted by Crippen LogP contribution is 2.32. The van der Waals surface area contributed by atoms with Gasteiger partial charge in [-0.25, -0.2) is 0 Å². The van der Waals surface area contributed by atoms with E-state index >= 15 is 0 Å². The maximum Gasteiger partial charge on any atom is 0.234 e. The zero-order chi connectivity index (χ0) is 19.3. The van der Waals surface area contributed by atoms with Crippen molar-refractivity contribution in [2.24, 2.45) is 0 Å². The van der Waals surface area contributed by atoms with E-state index in [1.807, 2.05) is 31.2 Å². The first kappa shape index (κ1) is 18.6. The Morgan fingerprint density at radius 3 is 2.46 bits per heavy atom. The predicted octanol–water partition coefficient (Wildman–Crippen LogP) is 2.46. The zero-order valence-corrected chi connectivity index (χ0v) is 16.3. The van der Waals surface area contributed by atoms with Crippen LogP contribution in [0.1, 0.15) is 18.5 Å². The number of hydrogen-bond donors (Lipinski definition) is 1. The molecule has 2 aromatic carbocycles. The van der Waals surface area contributed by atoms with Gasteiger partial charge in [-0.15, -0.1) is 0 Å². The van der Waals surface area contributed by atoms with Gasteiger partial charge in [-0.3, -0.25) is 9.69 Å². The molecule has 1 saturated heterocycles. The summed E-state index contributed by atoms with van der Waals surface area (Å²) in [6, 6.07) is 16.2. The van der Waals surface area contributed by atoms with Crippen LogP contribution in [0.3, 0.4) is 0 Å². The Balaban J connectivity index is 1.27. The molecule has 0 radical (unpaired) electrons. The Kier molecular flexibility index (Phi) is 5.67. The van der Waals surface area contributed by atoms with Crippen molar-refractivity contribution < 1.29 is 14.3 Å². The summed E-state index contributed by atoms with van der Waals surface area (Å²) in [7, 11) is 0. The fourth-order valence-electron chi connectivity index (χ4n) is 3.71. The fraction of sp³-hybridized carbons (Fsp3) is 0.409. The van der Waals surface area contributed by atoms with E-state index in [9.17, 15) is 4.79 Å². The number of piperazine rings is 1. The van der Waals surface area contributed by atoms with Gasteiger partial charge >= 0.3 is 0 Å². The van der Waals surface area contributed by atoms with Crippen LogP contribution in [0.5, 0.6) is 11.5 Å². The monoisotopic (exact) mass is 381 g/mol. The van der Waals surface area contributed by atoms with Gasteiger partial charge in [-0.1, -0.05) is 24.3 Å². The Bertz CT molecular complexity index is 804. The molecule has 6 heteroatoms. The number of rotatable bonds is 5. The third kappa shape index (κ3) is 4.39. The number of carbonyl (C=O) groups is 1. The number of para-hydroxylation sites is 1. The highest BCUT2D eigenvalue weighted by Gasteiger charge is 2.21. The highest BCUT2D eigenvalue weighted by atomic mass is 16.6. The van der Waals surface area contributed by atoms with Crippen LogP contribution in [0.25, 0.3) is 0 Å². The normalized spacial score (nSPS) is 17.8. The summed E-state index contributed by atoms with van der Waals surface area (Å²) in [6.07, 6.45) is 0. The Labute approximate surface area is 166 Å². The minimum atomic E-state index is -0.0751. The first-order chi connectivity index (χ1) is 13.7. The SMILES string of the molecule is C[C@H](NC(=O)CN1CCN(c2ccccc2)CC1)c1ccc2c(c1)OCCO2. The number of amides is 1. The van der Waals surface area contributed by atoms with Crippen molar-refractivity contribution in [3.63, 3.8) is 0 Å². The predicted molar refractivity (Wildman–Crippen MR) is 109 cm³/mol. The third-order valence-electron chi connectivity index (χ3n) is 5.30. The summed E-state index contributed by atoms with van der Waals surface area (Å²) in [5, 5.41) is 3.10. The van der Waals surface area contributed by atoms with E-state index in [0.29, 0.717) is 19.8 Å². The van der Waals surface area contributed by atoms with Crippen molar-refractivity contribution in [2.75, 3.05) is 50.8 Å². The molecule has 0 spiro atoms. The quantitative estimate of drug-likeness (QED) is 0.862. The van der Waals surface area contributed by atoms with Crippen molar-refractivity contribution in [3.05, 3.63) is 54.1 Å². The van der Waals surface area contributed by atoms with E-state index in [2.05, 4.69) is 39.4 Å². The van der Waals surface area contributed by atoms with Gasteiger partial charge in [-0.2, -0.15) is 0 Å². The fourth-order valence-corrected chi connectivity index (χ4v) is 3.71. The van der Waals surface area contributed by atoms with Crippen LogP contribution >= 0.6 is 0 Å². The molecule has 1 amide bonds. The van der Waals surface area contributed by atoms with Gasteiger partial charge in [0.15, 0.2) is 11.5 Å². The van der Waals surface area contributed by atoms with Crippen molar-refractivity contribution >= 4 is 11.6 Å². The molecule has 0 unspecified atom stereocenters. The van der Waals surface area contributed by atoms with Gasteiger partial charge in [0.1, 0.15) is 13.2 Å². The number of anilines is 1. The summed E-state index contributed by atoms with van der Waals surface area (Å²) in [5.41, 5.74) is 2.27. The number of benzene rings is 2. The molecular weight excluding hydrogens is 354 g/mol. The standard InChI is InChI=1S/C22H27N3O3/c1-17(18-7-8-20-21(15-18)28-14-13-27-20)23-22(26)16-24-9-11-25(12-10-24)19-5-3-2-4-6-19/h2-8,15,17H,9-14,16H2,1H3,(H,23,26)/t17-/m0/s1. The summed E-state index contributed by atoms with van der Waals surface area (Å²) in [4.78, 5) is 17.1. The van der Waals surface area contributed by atoms with Crippen LogP contribution in [0.4, 0.5) is 5.69 Å². The van der Waals surface area contributed by atoms with E-state index in [-0.39, 0.29) is 11.9 Å². The number of fused-ring (bicyclic) bond motifs is 1. The zero-order valence-electron chi connectivity index (χ0n) is 16.3. The smallest absolute Gasteiger partial charge is 0.234 e. The molecule has 0 aromatic heterocycles. The molecule has 4 rings (SSSR count). The van der Waals surface area contributed by atoms with E-state index in [1.165, 1.54) is 5.69 Å². The molecule has 1 fully saturated rings. The van der Waals surface area contributed by atoms with Crippen LogP contribution in [-0.4, -0.2) is 56.7 Å². The first-order valence-corrected chi connectivity index (χ1v) is 9.90. The van der Waals surface area contributed by atoms with Gasteiger partial charge < -0.3 is 19.7 Å². The Morgan fingerprint density at radius 2 is 1.71 bits per heavy atom. The average Bonchev–Trinajstić information content (AvgIpc) is 2.74. The van der Waals surface area contributed by atoms with Crippen molar-refractivity contribution in [1.82, 2.24) is 10.2 Å². The van der Waals surface area contributed by atoms with Crippen molar-refractivity contribution in [2.45, 2.75) is 13.0 Å². The molecule has 2 aliphatic heterocycles.